The second-order valence-electron chi connectivity index (χ2n) is 8.86. The molecule has 0 radical (unpaired) electrons. The van der Waals surface area contributed by atoms with Crippen LogP contribution in [0, 0.1) is 0 Å². The number of hydrogen-bond acceptors (Lipinski definition) is 9. The summed E-state index contributed by atoms with van der Waals surface area (Å²) in [7, 11) is 1.63. The van der Waals surface area contributed by atoms with Crippen LogP contribution >= 0.6 is 11.6 Å². The molecule has 1 N–H and O–H groups in total. The quantitative estimate of drug-likeness (QED) is 0.559. The molecule has 1 aromatic heterocycles. The number of anilines is 2. The van der Waals surface area contributed by atoms with E-state index in [0.29, 0.717) is 41.1 Å². The minimum atomic E-state index is 0.560. The lowest BCUT2D eigenvalue weighted by Gasteiger charge is -2.30. The third kappa shape index (κ3) is 6.10. The highest BCUT2D eigenvalue weighted by Gasteiger charge is 2.16. The van der Waals surface area contributed by atoms with Gasteiger partial charge in [0.1, 0.15) is 41.5 Å². The highest BCUT2D eigenvalue weighted by Crippen LogP contribution is 2.36. The first kappa shape index (κ1) is 24.8. The van der Waals surface area contributed by atoms with Crippen LogP contribution in [0.2, 0.25) is 5.02 Å². The fourth-order valence-corrected chi connectivity index (χ4v) is 4.68. The number of methoxy groups -OCH3 is 1. The van der Waals surface area contributed by atoms with Crippen LogP contribution in [0.15, 0.2) is 36.7 Å². The lowest BCUT2D eigenvalue weighted by atomic mass is 10.2. The molecule has 0 saturated carbocycles. The standard InChI is InChI=1S/C26H32ClN5O4/c1-33-24-17-20-16-21-25(24)28-18-29-26(21)30-22-15-19(27)3-4-23(22)36-11-2-5-31(10-14-35-20)6-7-32-8-12-34-13-9-32/h3-4,15-18H,2,5-14H2,1H3,(H,28,29,30). The van der Waals surface area contributed by atoms with Gasteiger partial charge in [-0.3, -0.25) is 9.80 Å². The maximum atomic E-state index is 6.32. The molecule has 192 valence electrons. The van der Waals surface area contributed by atoms with Crippen molar-refractivity contribution in [3.8, 4) is 17.2 Å². The molecule has 0 aliphatic carbocycles. The monoisotopic (exact) mass is 513 g/mol. The van der Waals surface area contributed by atoms with Crippen molar-refractivity contribution in [3.05, 3.63) is 41.7 Å². The van der Waals surface area contributed by atoms with Crippen LogP contribution in [0.5, 0.6) is 17.2 Å². The summed E-state index contributed by atoms with van der Waals surface area (Å²) in [5, 5.41) is 4.78. The van der Waals surface area contributed by atoms with Gasteiger partial charge in [0.15, 0.2) is 0 Å². The molecule has 1 fully saturated rings. The fraction of sp³-hybridized carbons (Fsp3) is 0.462. The minimum Gasteiger partial charge on any atom is -0.494 e. The Morgan fingerprint density at radius 2 is 1.75 bits per heavy atom. The molecule has 1 saturated heterocycles. The molecule has 36 heavy (non-hydrogen) atoms. The number of hydrogen-bond donors (Lipinski definition) is 1. The van der Waals surface area contributed by atoms with E-state index >= 15 is 0 Å². The number of ether oxygens (including phenoxy) is 4. The lowest BCUT2D eigenvalue weighted by molar-refractivity contribution is 0.0324. The third-order valence-corrected chi connectivity index (χ3v) is 6.72. The molecule has 2 bridgehead atoms. The Hall–Kier alpha value is -2.85. The van der Waals surface area contributed by atoms with Crippen molar-refractivity contribution < 1.29 is 18.9 Å². The SMILES string of the molecule is COc1cc2cc3c(ncnc13)Nc1cc(Cl)ccc1OCCCN(CCN1CCOCC1)CCO2. The average molecular weight is 514 g/mol. The lowest BCUT2D eigenvalue weighted by Crippen LogP contribution is -2.42. The molecule has 10 heteroatoms. The molecule has 9 nitrogen and oxygen atoms in total. The zero-order chi connectivity index (χ0) is 24.7. The van der Waals surface area contributed by atoms with Gasteiger partial charge in [-0.15, -0.1) is 0 Å². The molecule has 2 aliphatic heterocycles. The molecule has 2 aromatic carbocycles. The summed E-state index contributed by atoms with van der Waals surface area (Å²) < 4.78 is 23.5. The molecule has 0 spiro atoms. The Labute approximate surface area is 216 Å². The van der Waals surface area contributed by atoms with Gasteiger partial charge in [0.2, 0.25) is 0 Å². The summed E-state index contributed by atoms with van der Waals surface area (Å²) in [6, 6.07) is 9.39. The smallest absolute Gasteiger partial charge is 0.148 e. The normalized spacial score (nSPS) is 17.8. The van der Waals surface area contributed by atoms with Crippen molar-refractivity contribution in [2.24, 2.45) is 0 Å². The summed E-state index contributed by atoms with van der Waals surface area (Å²) in [5.41, 5.74) is 1.44. The van der Waals surface area contributed by atoms with Crippen LogP contribution in [0.3, 0.4) is 0 Å². The highest BCUT2D eigenvalue weighted by atomic mass is 35.5. The number of fused-ring (bicyclic) bond motifs is 2. The molecule has 0 atom stereocenters. The van der Waals surface area contributed by atoms with Gasteiger partial charge >= 0.3 is 0 Å². The second kappa shape index (κ2) is 11.9. The first-order chi connectivity index (χ1) is 17.7. The van der Waals surface area contributed by atoms with Gasteiger partial charge in [0, 0.05) is 50.4 Å². The predicted molar refractivity (Wildman–Crippen MR) is 140 cm³/mol. The van der Waals surface area contributed by atoms with Crippen molar-refractivity contribution in [1.82, 2.24) is 19.8 Å². The van der Waals surface area contributed by atoms with Crippen molar-refractivity contribution in [1.29, 1.82) is 0 Å². The van der Waals surface area contributed by atoms with Crippen LogP contribution in [-0.4, -0.2) is 92.6 Å². The Bertz CT molecular complexity index is 1170. The number of nitrogens with one attached hydrogen (secondary N) is 1. The van der Waals surface area contributed by atoms with Crippen LogP contribution < -0.4 is 19.5 Å². The van der Waals surface area contributed by atoms with E-state index in [-0.39, 0.29) is 0 Å². The minimum absolute atomic E-state index is 0.560. The van der Waals surface area contributed by atoms with Gasteiger partial charge in [-0.05, 0) is 30.7 Å². The fourth-order valence-electron chi connectivity index (χ4n) is 4.51. The maximum Gasteiger partial charge on any atom is 0.148 e. The van der Waals surface area contributed by atoms with Gasteiger partial charge in [0.05, 0.1) is 38.0 Å². The summed E-state index contributed by atoms with van der Waals surface area (Å²) in [6.45, 7) is 8.45. The number of morpholine rings is 1. The van der Waals surface area contributed by atoms with Crippen molar-refractivity contribution in [3.63, 3.8) is 0 Å². The first-order valence-corrected chi connectivity index (χ1v) is 12.7. The van der Waals surface area contributed by atoms with E-state index in [0.717, 1.165) is 75.7 Å². The first-order valence-electron chi connectivity index (χ1n) is 12.4. The topological polar surface area (TPSA) is 81.2 Å². The van der Waals surface area contributed by atoms with Gasteiger partial charge < -0.3 is 24.3 Å². The van der Waals surface area contributed by atoms with Gasteiger partial charge in [0.25, 0.3) is 0 Å². The van der Waals surface area contributed by atoms with Crippen LogP contribution in [0.1, 0.15) is 6.42 Å². The molecule has 0 unspecified atom stereocenters. The molecule has 0 amide bonds. The van der Waals surface area contributed by atoms with Crippen LogP contribution in [0.25, 0.3) is 10.9 Å². The van der Waals surface area contributed by atoms with Crippen LogP contribution in [0.4, 0.5) is 11.5 Å². The molecule has 3 heterocycles. The van der Waals surface area contributed by atoms with Gasteiger partial charge in [-0.2, -0.15) is 0 Å². The number of rotatable bonds is 4. The van der Waals surface area contributed by atoms with E-state index < -0.39 is 0 Å². The van der Waals surface area contributed by atoms with E-state index in [1.807, 2.05) is 30.3 Å². The van der Waals surface area contributed by atoms with E-state index in [2.05, 4.69) is 25.1 Å². The Kier molecular flexibility index (Phi) is 8.22. The van der Waals surface area contributed by atoms with Crippen molar-refractivity contribution in [2.45, 2.75) is 6.42 Å². The zero-order valence-corrected chi connectivity index (χ0v) is 21.3. The molecule has 5 rings (SSSR count). The summed E-state index contributed by atoms with van der Waals surface area (Å²) in [4.78, 5) is 13.8. The summed E-state index contributed by atoms with van der Waals surface area (Å²) in [5.74, 6) is 2.69. The van der Waals surface area contributed by atoms with E-state index in [1.165, 1.54) is 6.33 Å². The van der Waals surface area contributed by atoms with E-state index in [1.54, 1.807) is 7.11 Å². The Morgan fingerprint density at radius 3 is 2.58 bits per heavy atom. The maximum absolute atomic E-state index is 6.32. The van der Waals surface area contributed by atoms with Gasteiger partial charge in [-0.1, -0.05) is 11.6 Å². The van der Waals surface area contributed by atoms with E-state index in [9.17, 15) is 0 Å². The predicted octanol–water partition coefficient (Wildman–Crippen LogP) is 3.83. The Morgan fingerprint density at radius 1 is 0.944 bits per heavy atom. The highest BCUT2D eigenvalue weighted by molar-refractivity contribution is 6.31. The third-order valence-electron chi connectivity index (χ3n) is 6.48. The van der Waals surface area contributed by atoms with E-state index in [4.69, 9.17) is 30.5 Å². The Balaban J connectivity index is 1.42. The zero-order valence-electron chi connectivity index (χ0n) is 20.5. The molecule has 3 aromatic rings. The number of aromatic nitrogens is 2. The molecule has 2 aliphatic rings. The van der Waals surface area contributed by atoms with Crippen molar-refractivity contribution in [2.75, 3.05) is 78.1 Å². The molecular formula is C26H32ClN5O4. The van der Waals surface area contributed by atoms with Crippen molar-refractivity contribution >= 4 is 34.0 Å². The second-order valence-corrected chi connectivity index (χ2v) is 9.29. The van der Waals surface area contributed by atoms with Gasteiger partial charge in [-0.25, -0.2) is 9.97 Å². The molecular weight excluding hydrogens is 482 g/mol. The van der Waals surface area contributed by atoms with Crippen LogP contribution in [-0.2, 0) is 4.74 Å². The number of halogens is 1. The summed E-state index contributed by atoms with van der Waals surface area (Å²) >= 11 is 6.32. The number of benzene rings is 2. The summed E-state index contributed by atoms with van der Waals surface area (Å²) in [6.07, 6.45) is 2.41. The average Bonchev–Trinajstić information content (AvgIpc) is 2.90. The number of nitrogens with zero attached hydrogens (tertiary/aromatic N) is 4. The largest absolute Gasteiger partial charge is 0.494 e.